The van der Waals surface area contributed by atoms with E-state index in [4.69, 9.17) is 4.74 Å². The maximum Gasteiger partial charge on any atom is 0.342 e. The smallest absolute Gasteiger partial charge is 0.342 e. The van der Waals surface area contributed by atoms with Crippen LogP contribution >= 0.6 is 11.8 Å². The van der Waals surface area contributed by atoms with Crippen LogP contribution in [0.4, 0.5) is 0 Å². The topological polar surface area (TPSA) is 61.2 Å². The Bertz CT molecular complexity index is 650. The van der Waals surface area contributed by atoms with Crippen molar-refractivity contribution in [3.05, 3.63) is 41.6 Å². The Morgan fingerprint density at radius 2 is 1.90 bits per heavy atom. The van der Waals surface area contributed by atoms with Crippen LogP contribution in [0.25, 0.3) is 0 Å². The highest BCUT2D eigenvalue weighted by Gasteiger charge is 2.24. The second kappa shape index (κ2) is 5.92. The Kier molecular flexibility index (Phi) is 4.24. The molecule has 0 aliphatic carbocycles. The lowest BCUT2D eigenvalue weighted by atomic mass is 10.2. The van der Waals surface area contributed by atoms with Gasteiger partial charge in [0, 0.05) is 11.8 Å². The molecule has 0 bridgehead atoms. The van der Waals surface area contributed by atoms with Crippen LogP contribution in [-0.4, -0.2) is 28.8 Å². The summed E-state index contributed by atoms with van der Waals surface area (Å²) in [7, 11) is 1.31. The molecule has 1 heterocycles. The lowest BCUT2D eigenvalue weighted by Gasteiger charge is -2.01. The van der Waals surface area contributed by atoms with E-state index in [0.717, 1.165) is 4.90 Å². The Morgan fingerprint density at radius 1 is 1.25 bits per heavy atom. The van der Waals surface area contributed by atoms with Crippen molar-refractivity contribution in [2.24, 2.45) is 0 Å². The third-order valence-corrected chi connectivity index (χ3v) is 3.72. The van der Waals surface area contributed by atoms with Crippen LogP contribution < -0.4 is 0 Å². The number of esters is 1. The van der Waals surface area contributed by atoms with Gasteiger partial charge in [-0.1, -0.05) is 30.0 Å². The van der Waals surface area contributed by atoms with Gasteiger partial charge in [0.2, 0.25) is 5.91 Å². The number of benzene rings is 1. The van der Waals surface area contributed by atoms with Crippen molar-refractivity contribution in [3.63, 3.8) is 0 Å². The monoisotopic (exact) mass is 290 g/mol. The van der Waals surface area contributed by atoms with Gasteiger partial charge in [0.05, 0.1) is 12.8 Å². The lowest BCUT2D eigenvalue weighted by Crippen LogP contribution is -2.11. The Labute approximate surface area is 120 Å². The second-order valence-electron chi connectivity index (χ2n) is 4.10. The molecule has 0 unspecified atom stereocenters. The standard InChI is InChI=1S/C14H14N2O3S/c1-9-12(14(18)19-3)13(15-16(9)10(2)17)20-11-7-5-4-6-8-11/h4-8H,1-3H3. The summed E-state index contributed by atoms with van der Waals surface area (Å²) >= 11 is 1.33. The summed E-state index contributed by atoms with van der Waals surface area (Å²) < 4.78 is 5.99. The van der Waals surface area contributed by atoms with E-state index >= 15 is 0 Å². The summed E-state index contributed by atoms with van der Waals surface area (Å²) in [5.41, 5.74) is 0.819. The highest BCUT2D eigenvalue weighted by atomic mass is 32.2. The quantitative estimate of drug-likeness (QED) is 0.813. The molecule has 0 aliphatic heterocycles. The molecule has 20 heavy (non-hydrogen) atoms. The fourth-order valence-corrected chi connectivity index (χ4v) is 2.76. The van der Waals surface area contributed by atoms with Gasteiger partial charge < -0.3 is 4.74 Å². The number of nitrogens with zero attached hydrogens (tertiary/aromatic N) is 2. The van der Waals surface area contributed by atoms with Crippen LogP contribution in [0.1, 0.15) is 27.8 Å². The molecule has 0 N–H and O–H groups in total. The van der Waals surface area contributed by atoms with Crippen molar-refractivity contribution in [1.82, 2.24) is 9.78 Å². The van der Waals surface area contributed by atoms with Gasteiger partial charge in [-0.05, 0) is 19.1 Å². The molecule has 0 saturated carbocycles. The number of carbonyl (C=O) groups excluding carboxylic acids is 2. The number of carbonyl (C=O) groups is 2. The van der Waals surface area contributed by atoms with Crippen molar-refractivity contribution >= 4 is 23.6 Å². The normalized spacial score (nSPS) is 10.3. The van der Waals surface area contributed by atoms with E-state index in [1.165, 1.54) is 30.5 Å². The van der Waals surface area contributed by atoms with Crippen molar-refractivity contribution in [2.45, 2.75) is 23.8 Å². The minimum Gasteiger partial charge on any atom is -0.465 e. The second-order valence-corrected chi connectivity index (χ2v) is 5.17. The molecule has 0 saturated heterocycles. The summed E-state index contributed by atoms with van der Waals surface area (Å²) in [6.45, 7) is 3.08. The SMILES string of the molecule is COC(=O)c1c(Sc2ccccc2)nn(C(C)=O)c1C. The molecule has 6 heteroatoms. The van der Waals surface area contributed by atoms with Gasteiger partial charge in [0.1, 0.15) is 10.6 Å². The molecule has 2 rings (SSSR count). The Balaban J connectivity index is 2.48. The van der Waals surface area contributed by atoms with Crippen LogP contribution in [0.5, 0.6) is 0 Å². The number of hydrogen-bond donors (Lipinski definition) is 0. The minimum atomic E-state index is -0.492. The molecule has 0 aliphatic rings. The molecule has 0 spiro atoms. The van der Waals surface area contributed by atoms with Crippen LogP contribution in [0.3, 0.4) is 0 Å². The van der Waals surface area contributed by atoms with E-state index < -0.39 is 5.97 Å². The molecule has 5 nitrogen and oxygen atoms in total. The number of hydrogen-bond acceptors (Lipinski definition) is 5. The predicted molar refractivity (Wildman–Crippen MR) is 75.2 cm³/mol. The first-order chi connectivity index (χ1) is 9.54. The molecule has 0 atom stereocenters. The van der Waals surface area contributed by atoms with Crippen LogP contribution in [-0.2, 0) is 4.74 Å². The summed E-state index contributed by atoms with van der Waals surface area (Å²) in [4.78, 5) is 24.4. The van der Waals surface area contributed by atoms with E-state index in [-0.39, 0.29) is 5.91 Å². The van der Waals surface area contributed by atoms with Crippen LogP contribution in [0.15, 0.2) is 40.3 Å². The minimum absolute atomic E-state index is 0.243. The Hall–Kier alpha value is -2.08. The van der Waals surface area contributed by atoms with E-state index in [1.54, 1.807) is 6.92 Å². The zero-order valence-corrected chi connectivity index (χ0v) is 12.2. The molecular weight excluding hydrogens is 276 g/mol. The van der Waals surface area contributed by atoms with E-state index in [2.05, 4.69) is 5.10 Å². The molecule has 0 radical (unpaired) electrons. The van der Waals surface area contributed by atoms with Crippen LogP contribution in [0, 0.1) is 6.92 Å². The van der Waals surface area contributed by atoms with Crippen LogP contribution in [0.2, 0.25) is 0 Å². The van der Waals surface area contributed by atoms with Gasteiger partial charge in [0.15, 0.2) is 0 Å². The first kappa shape index (κ1) is 14.3. The molecule has 104 valence electrons. The fourth-order valence-electron chi connectivity index (χ4n) is 1.79. The molecule has 2 aromatic rings. The van der Waals surface area contributed by atoms with E-state index in [0.29, 0.717) is 16.3 Å². The van der Waals surface area contributed by atoms with E-state index in [9.17, 15) is 9.59 Å². The maximum absolute atomic E-state index is 11.9. The summed E-state index contributed by atoms with van der Waals surface area (Å²) in [5.74, 6) is -0.735. The molecule has 1 aromatic heterocycles. The van der Waals surface area contributed by atoms with E-state index in [1.807, 2.05) is 30.3 Å². The van der Waals surface area contributed by atoms with Gasteiger partial charge in [-0.25, -0.2) is 9.48 Å². The average molecular weight is 290 g/mol. The Morgan fingerprint density at radius 3 is 2.45 bits per heavy atom. The van der Waals surface area contributed by atoms with Gasteiger partial charge in [-0.15, -0.1) is 0 Å². The lowest BCUT2D eigenvalue weighted by molar-refractivity contribution is 0.0596. The molecule has 0 fully saturated rings. The number of methoxy groups -OCH3 is 1. The third kappa shape index (κ3) is 2.75. The largest absolute Gasteiger partial charge is 0.465 e. The fraction of sp³-hybridized carbons (Fsp3) is 0.214. The average Bonchev–Trinajstić information content (AvgIpc) is 2.76. The molecule has 0 amide bonds. The maximum atomic E-state index is 11.9. The van der Waals surface area contributed by atoms with Gasteiger partial charge >= 0.3 is 5.97 Å². The van der Waals surface area contributed by atoms with Crippen molar-refractivity contribution in [2.75, 3.05) is 7.11 Å². The van der Waals surface area contributed by atoms with Crippen molar-refractivity contribution < 1.29 is 14.3 Å². The summed E-state index contributed by atoms with van der Waals surface area (Å²) in [6, 6.07) is 9.52. The first-order valence-electron chi connectivity index (χ1n) is 5.96. The van der Waals surface area contributed by atoms with Crippen molar-refractivity contribution in [1.29, 1.82) is 0 Å². The summed E-state index contributed by atoms with van der Waals surface area (Å²) in [6.07, 6.45) is 0. The molecular formula is C14H14N2O3S. The predicted octanol–water partition coefficient (Wildman–Crippen LogP) is 2.79. The highest BCUT2D eigenvalue weighted by Crippen LogP contribution is 2.31. The number of aromatic nitrogens is 2. The van der Waals surface area contributed by atoms with Crippen molar-refractivity contribution in [3.8, 4) is 0 Å². The van der Waals surface area contributed by atoms with Gasteiger partial charge in [-0.3, -0.25) is 4.79 Å². The third-order valence-electron chi connectivity index (χ3n) is 2.73. The number of ether oxygens (including phenoxy) is 1. The summed E-state index contributed by atoms with van der Waals surface area (Å²) in [5, 5.41) is 4.67. The highest BCUT2D eigenvalue weighted by molar-refractivity contribution is 7.99. The van der Waals surface area contributed by atoms with Gasteiger partial charge in [0.25, 0.3) is 0 Å². The zero-order valence-electron chi connectivity index (χ0n) is 11.4. The first-order valence-corrected chi connectivity index (χ1v) is 6.78. The molecule has 1 aromatic carbocycles. The zero-order chi connectivity index (χ0) is 14.7. The number of rotatable bonds is 3. The van der Waals surface area contributed by atoms with Gasteiger partial charge in [-0.2, -0.15) is 5.10 Å².